The first-order chi connectivity index (χ1) is 13.0. The van der Waals surface area contributed by atoms with Crippen LogP contribution in [0.2, 0.25) is 0 Å². The minimum atomic E-state index is -0.399. The van der Waals surface area contributed by atoms with Crippen molar-refractivity contribution in [3.8, 4) is 11.5 Å². The Kier molecular flexibility index (Phi) is 7.03. The summed E-state index contributed by atoms with van der Waals surface area (Å²) in [5.74, 6) is 1.58. The average Bonchev–Trinajstić information content (AvgIpc) is 2.62. The molecule has 2 aromatic rings. The normalized spacial score (nSPS) is 14.4. The summed E-state index contributed by atoms with van der Waals surface area (Å²) in [6.07, 6.45) is 1.83. The lowest BCUT2D eigenvalue weighted by atomic mass is 9.60. The van der Waals surface area contributed by atoms with Crippen molar-refractivity contribution in [2.75, 3.05) is 0 Å². The Morgan fingerprint density at radius 3 is 1.89 bits per heavy atom. The zero-order chi connectivity index (χ0) is 21.0. The molecule has 0 aliphatic carbocycles. The van der Waals surface area contributed by atoms with Crippen LogP contribution in [-0.4, -0.2) is 5.12 Å². The fraction of sp³-hybridized carbons (Fsp3) is 0.480. The molecule has 0 saturated carbocycles. The third-order valence-corrected chi connectivity index (χ3v) is 6.87. The van der Waals surface area contributed by atoms with Crippen LogP contribution >= 0.6 is 11.8 Å². The van der Waals surface area contributed by atoms with Gasteiger partial charge in [0.05, 0.1) is 0 Å². The van der Waals surface area contributed by atoms with Gasteiger partial charge in [0.25, 0.3) is 0 Å². The molecular weight excluding hydrogens is 364 g/mol. The molecule has 28 heavy (non-hydrogen) atoms. The van der Waals surface area contributed by atoms with E-state index in [1.54, 1.807) is 0 Å². The Bertz CT molecular complexity index is 772. The second-order valence-electron chi connectivity index (χ2n) is 9.58. The van der Waals surface area contributed by atoms with Gasteiger partial charge in [0.1, 0.15) is 11.5 Å². The van der Waals surface area contributed by atoms with Crippen LogP contribution < -0.4 is 4.74 Å². The quantitative estimate of drug-likeness (QED) is 0.442. The maximum atomic E-state index is 13.4. The lowest BCUT2D eigenvalue weighted by molar-refractivity contribution is -0.127. The van der Waals surface area contributed by atoms with Crippen LogP contribution in [0.15, 0.2) is 59.5 Å². The lowest BCUT2D eigenvalue weighted by Gasteiger charge is -2.45. The third kappa shape index (κ3) is 5.64. The molecule has 0 N–H and O–H groups in total. The number of carbonyl (C=O) groups excluding carboxylic acids is 1. The predicted molar refractivity (Wildman–Crippen MR) is 120 cm³/mol. The molecule has 2 aromatic carbocycles. The summed E-state index contributed by atoms with van der Waals surface area (Å²) in [5.41, 5.74) is -0.380. The van der Waals surface area contributed by atoms with Crippen LogP contribution in [0.3, 0.4) is 0 Å². The van der Waals surface area contributed by atoms with Crippen molar-refractivity contribution in [3.63, 3.8) is 0 Å². The highest BCUT2D eigenvalue weighted by atomic mass is 32.2. The topological polar surface area (TPSA) is 26.3 Å². The third-order valence-electron chi connectivity index (χ3n) is 5.73. The molecule has 0 amide bonds. The van der Waals surface area contributed by atoms with Gasteiger partial charge < -0.3 is 4.74 Å². The zero-order valence-electron chi connectivity index (χ0n) is 18.3. The first kappa shape index (κ1) is 22.5. The number of para-hydroxylation sites is 1. The largest absolute Gasteiger partial charge is 0.457 e. The van der Waals surface area contributed by atoms with Crippen molar-refractivity contribution in [1.29, 1.82) is 0 Å². The summed E-state index contributed by atoms with van der Waals surface area (Å²) >= 11 is 1.35. The summed E-state index contributed by atoms with van der Waals surface area (Å²) in [6, 6.07) is 17.5. The van der Waals surface area contributed by atoms with Crippen LogP contribution in [0.5, 0.6) is 11.5 Å². The lowest BCUT2D eigenvalue weighted by Crippen LogP contribution is -2.43. The summed E-state index contributed by atoms with van der Waals surface area (Å²) in [6.45, 7) is 15.4. The highest BCUT2D eigenvalue weighted by Crippen LogP contribution is 2.52. The van der Waals surface area contributed by atoms with Crippen molar-refractivity contribution in [3.05, 3.63) is 54.6 Å². The molecule has 1 atom stereocenters. The van der Waals surface area contributed by atoms with Gasteiger partial charge in [0, 0.05) is 10.3 Å². The van der Waals surface area contributed by atoms with Crippen LogP contribution in [-0.2, 0) is 4.79 Å². The van der Waals surface area contributed by atoms with E-state index in [0.717, 1.165) is 29.2 Å². The highest BCUT2D eigenvalue weighted by Gasteiger charge is 2.47. The molecule has 0 aliphatic heterocycles. The van der Waals surface area contributed by atoms with Gasteiger partial charge in [-0.15, -0.1) is 0 Å². The van der Waals surface area contributed by atoms with E-state index < -0.39 is 5.41 Å². The number of benzene rings is 2. The molecule has 2 nitrogen and oxygen atoms in total. The van der Waals surface area contributed by atoms with Gasteiger partial charge in [-0.05, 0) is 53.6 Å². The highest BCUT2D eigenvalue weighted by molar-refractivity contribution is 8.13. The van der Waals surface area contributed by atoms with Crippen molar-refractivity contribution in [2.45, 2.75) is 66.2 Å². The van der Waals surface area contributed by atoms with Gasteiger partial charge in [-0.25, -0.2) is 0 Å². The molecule has 2 rings (SSSR count). The second kappa shape index (κ2) is 8.73. The van der Waals surface area contributed by atoms with E-state index >= 15 is 0 Å². The van der Waals surface area contributed by atoms with Crippen LogP contribution in [0.25, 0.3) is 0 Å². The zero-order valence-corrected chi connectivity index (χ0v) is 19.2. The summed E-state index contributed by atoms with van der Waals surface area (Å²) in [7, 11) is 0. The molecule has 152 valence electrons. The molecule has 0 saturated heterocycles. The fourth-order valence-electron chi connectivity index (χ4n) is 3.46. The van der Waals surface area contributed by atoms with Gasteiger partial charge >= 0.3 is 0 Å². The van der Waals surface area contributed by atoms with E-state index in [0.29, 0.717) is 0 Å². The molecule has 0 radical (unpaired) electrons. The number of thioether (sulfide) groups is 1. The number of hydrogen-bond acceptors (Lipinski definition) is 3. The van der Waals surface area contributed by atoms with E-state index in [2.05, 4.69) is 48.5 Å². The molecular formula is C25H34O2S. The smallest absolute Gasteiger partial charge is 0.200 e. The Hall–Kier alpha value is -1.74. The fourth-order valence-corrected chi connectivity index (χ4v) is 4.52. The monoisotopic (exact) mass is 398 g/mol. The standard InChI is InChI=1S/C25H34O2S/c1-8-24(5,6)25(7,18-23(2,3)4)22(26)28-21-16-14-20(15-17-21)27-19-12-10-9-11-13-19/h9-17H,8,18H2,1-7H3. The Morgan fingerprint density at radius 2 is 1.39 bits per heavy atom. The van der Waals surface area contributed by atoms with E-state index in [-0.39, 0.29) is 15.9 Å². The van der Waals surface area contributed by atoms with Crippen LogP contribution in [0.4, 0.5) is 0 Å². The van der Waals surface area contributed by atoms with Crippen molar-refractivity contribution in [1.82, 2.24) is 0 Å². The van der Waals surface area contributed by atoms with Gasteiger partial charge in [0.2, 0.25) is 0 Å². The molecule has 0 fully saturated rings. The minimum Gasteiger partial charge on any atom is -0.457 e. The maximum absolute atomic E-state index is 13.4. The van der Waals surface area contributed by atoms with Gasteiger partial charge in [-0.2, -0.15) is 0 Å². The predicted octanol–water partition coefficient (Wildman–Crippen LogP) is 7.98. The first-order valence-corrected chi connectivity index (χ1v) is 10.8. The van der Waals surface area contributed by atoms with E-state index in [9.17, 15) is 4.79 Å². The molecule has 0 spiro atoms. The summed E-state index contributed by atoms with van der Waals surface area (Å²) in [4.78, 5) is 14.4. The minimum absolute atomic E-state index is 0.0687. The maximum Gasteiger partial charge on any atom is 0.200 e. The van der Waals surface area contributed by atoms with Crippen LogP contribution in [0, 0.1) is 16.2 Å². The summed E-state index contributed by atoms with van der Waals surface area (Å²) in [5, 5.41) is 0.242. The number of ether oxygens (including phenoxy) is 1. The number of carbonyl (C=O) groups is 1. The molecule has 0 aromatic heterocycles. The number of hydrogen-bond donors (Lipinski definition) is 0. The molecule has 0 aliphatic rings. The first-order valence-electron chi connectivity index (χ1n) is 10.0. The number of rotatable bonds is 7. The van der Waals surface area contributed by atoms with E-state index in [1.165, 1.54) is 11.8 Å². The summed E-state index contributed by atoms with van der Waals surface area (Å²) < 4.78 is 5.85. The average molecular weight is 399 g/mol. The van der Waals surface area contributed by atoms with Gasteiger partial charge in [0.15, 0.2) is 5.12 Å². The van der Waals surface area contributed by atoms with Gasteiger partial charge in [-0.3, -0.25) is 4.79 Å². The Morgan fingerprint density at radius 1 is 0.857 bits per heavy atom. The van der Waals surface area contributed by atoms with Crippen LogP contribution in [0.1, 0.15) is 61.3 Å². The Labute approximate surface area is 175 Å². The van der Waals surface area contributed by atoms with E-state index in [1.807, 2.05) is 54.6 Å². The van der Waals surface area contributed by atoms with Gasteiger partial charge in [-0.1, -0.05) is 84.8 Å². The second-order valence-corrected chi connectivity index (χ2v) is 10.6. The molecule has 0 heterocycles. The molecule has 3 heteroatoms. The van der Waals surface area contributed by atoms with E-state index in [4.69, 9.17) is 4.74 Å². The SMILES string of the molecule is CCC(C)(C)C(C)(CC(C)(C)C)C(=O)Sc1ccc(Oc2ccccc2)cc1. The molecule has 1 unspecified atom stereocenters. The molecule has 0 bridgehead atoms. The van der Waals surface area contributed by atoms with Crippen molar-refractivity contribution < 1.29 is 9.53 Å². The Balaban J connectivity index is 2.16. The van der Waals surface area contributed by atoms with Crippen molar-refractivity contribution in [2.24, 2.45) is 16.2 Å². The van der Waals surface area contributed by atoms with Crippen molar-refractivity contribution >= 4 is 16.9 Å².